The van der Waals surface area contributed by atoms with Crippen LogP contribution >= 0.6 is 0 Å². The zero-order chi connectivity index (χ0) is 23.9. The molecule has 2 aromatic heterocycles. The predicted molar refractivity (Wildman–Crippen MR) is 112 cm³/mol. The van der Waals surface area contributed by atoms with Gasteiger partial charge in [-0.05, 0) is 53.8 Å². The number of carboxylic acid groups (broad SMARTS) is 1. The molecule has 1 aliphatic carbocycles. The van der Waals surface area contributed by atoms with E-state index in [9.17, 15) is 32.3 Å². The number of rotatable bonds is 5. The van der Waals surface area contributed by atoms with Crippen molar-refractivity contribution in [3.8, 4) is 0 Å². The summed E-state index contributed by atoms with van der Waals surface area (Å²) in [5, 5.41) is 9.33. The Morgan fingerprint density at radius 1 is 1.18 bits per heavy atom. The smallest absolute Gasteiger partial charge is 0.419 e. The highest BCUT2D eigenvalue weighted by molar-refractivity contribution is 5.79. The van der Waals surface area contributed by atoms with Crippen molar-refractivity contribution in [2.24, 2.45) is 0 Å². The van der Waals surface area contributed by atoms with E-state index in [0.717, 1.165) is 28.4 Å². The van der Waals surface area contributed by atoms with Crippen molar-refractivity contribution in [2.45, 2.75) is 44.3 Å². The topological polar surface area (TPSA) is 62.0 Å². The minimum atomic E-state index is -4.83. The number of hydrogen-bond donors (Lipinski definition) is 1. The summed E-state index contributed by atoms with van der Waals surface area (Å²) >= 11 is 0. The second-order valence-corrected chi connectivity index (χ2v) is 8.32. The summed E-state index contributed by atoms with van der Waals surface area (Å²) in [4.78, 5) is 25.8. The first kappa shape index (κ1) is 22.8. The van der Waals surface area contributed by atoms with Crippen LogP contribution in [0, 0.1) is 5.82 Å². The number of likely N-dealkylation sites (N-methyl/N-ethyl adjacent to an activating group) is 1. The summed E-state index contributed by atoms with van der Waals surface area (Å²) in [5.41, 5.74) is 2.23. The first-order valence-corrected chi connectivity index (χ1v) is 10.5. The summed E-state index contributed by atoms with van der Waals surface area (Å²) in [6.45, 7) is 0. The number of carbonyl (C=O) groups excluding carboxylic acids is 1. The zero-order valence-electron chi connectivity index (χ0n) is 17.8. The molecule has 1 N–H and O–H groups in total. The molecule has 1 aromatic carbocycles. The van der Waals surface area contributed by atoms with Gasteiger partial charge in [0.15, 0.2) is 0 Å². The largest absolute Gasteiger partial charge is 0.481 e. The number of amides is 1. The molecule has 174 valence electrons. The molecule has 1 amide bonds. The van der Waals surface area contributed by atoms with Gasteiger partial charge < -0.3 is 14.4 Å². The minimum absolute atomic E-state index is 0.0889. The van der Waals surface area contributed by atoms with Gasteiger partial charge in [0.25, 0.3) is 0 Å². The Labute approximate surface area is 187 Å². The van der Waals surface area contributed by atoms with Gasteiger partial charge in [-0.1, -0.05) is 12.1 Å². The van der Waals surface area contributed by atoms with E-state index in [2.05, 4.69) is 0 Å². The molecule has 0 fully saturated rings. The zero-order valence-corrected chi connectivity index (χ0v) is 17.8. The van der Waals surface area contributed by atoms with E-state index < -0.39 is 23.5 Å². The molecule has 1 atom stereocenters. The molecule has 0 unspecified atom stereocenters. The highest BCUT2D eigenvalue weighted by atomic mass is 19.4. The van der Waals surface area contributed by atoms with Crippen LogP contribution in [0.3, 0.4) is 0 Å². The Morgan fingerprint density at radius 2 is 1.94 bits per heavy atom. The molecule has 0 bridgehead atoms. The lowest BCUT2D eigenvalue weighted by atomic mass is 9.89. The van der Waals surface area contributed by atoms with Gasteiger partial charge in [-0.3, -0.25) is 9.59 Å². The molecule has 3 aromatic rings. The Kier molecular flexibility index (Phi) is 5.90. The third-order valence-electron chi connectivity index (χ3n) is 6.29. The lowest BCUT2D eigenvalue weighted by Gasteiger charge is -2.32. The number of carboxylic acids is 1. The number of carbonyl (C=O) groups is 2. The van der Waals surface area contributed by atoms with Crippen LogP contribution in [0.4, 0.5) is 17.6 Å². The van der Waals surface area contributed by atoms with Crippen molar-refractivity contribution in [3.63, 3.8) is 0 Å². The molecule has 5 nitrogen and oxygen atoms in total. The van der Waals surface area contributed by atoms with E-state index in [1.54, 1.807) is 7.05 Å². The van der Waals surface area contributed by atoms with Crippen LogP contribution in [0.1, 0.15) is 34.4 Å². The van der Waals surface area contributed by atoms with Gasteiger partial charge in [0.2, 0.25) is 5.91 Å². The van der Waals surface area contributed by atoms with E-state index in [0.29, 0.717) is 25.3 Å². The number of hydrogen-bond acceptors (Lipinski definition) is 2. The Bertz CT molecular complexity index is 1230. The molecule has 0 saturated heterocycles. The predicted octanol–water partition coefficient (Wildman–Crippen LogP) is 4.28. The van der Waals surface area contributed by atoms with E-state index in [1.807, 2.05) is 28.8 Å². The van der Waals surface area contributed by atoms with E-state index in [4.69, 9.17) is 0 Å². The van der Waals surface area contributed by atoms with Crippen molar-refractivity contribution in [1.82, 2.24) is 9.30 Å². The maximum absolute atomic E-state index is 13.5. The van der Waals surface area contributed by atoms with Gasteiger partial charge in [-0.25, -0.2) is 4.39 Å². The van der Waals surface area contributed by atoms with Crippen molar-refractivity contribution in [3.05, 3.63) is 76.4 Å². The highest BCUT2D eigenvalue weighted by Gasteiger charge is 2.35. The van der Waals surface area contributed by atoms with Crippen molar-refractivity contribution in [2.75, 3.05) is 7.05 Å². The standard InChI is InChI=1S/C24H22F4N2O3/c1-29(22(31)11-14-5-8-19(25)18(10-14)24(26,27)28)15-6-7-16-17(13-23(32)33)20-4-2-3-9-30(20)21(16)12-15/h2-5,8-10,15H,6-7,11-13H2,1H3,(H,32,33)/t15-/m1/s1. The summed E-state index contributed by atoms with van der Waals surface area (Å²) < 4.78 is 54.5. The first-order valence-electron chi connectivity index (χ1n) is 10.5. The van der Waals surface area contributed by atoms with Gasteiger partial charge in [-0.15, -0.1) is 0 Å². The van der Waals surface area contributed by atoms with Crippen LogP contribution in [0.15, 0.2) is 42.6 Å². The summed E-state index contributed by atoms with van der Waals surface area (Å²) in [5.74, 6) is -2.65. The number of alkyl halides is 3. The third kappa shape index (κ3) is 4.44. The summed E-state index contributed by atoms with van der Waals surface area (Å²) in [7, 11) is 1.61. The van der Waals surface area contributed by atoms with Gasteiger partial charge in [0.1, 0.15) is 5.82 Å². The quantitative estimate of drug-likeness (QED) is 0.576. The molecule has 2 heterocycles. The number of aromatic nitrogens is 1. The second kappa shape index (κ2) is 8.53. The van der Waals surface area contributed by atoms with Crippen LogP contribution in [0.2, 0.25) is 0 Å². The van der Waals surface area contributed by atoms with Crippen LogP contribution in [0.5, 0.6) is 0 Å². The fraction of sp³-hybridized carbons (Fsp3) is 0.333. The number of fused-ring (bicyclic) bond motifs is 3. The van der Waals surface area contributed by atoms with Crippen LogP contribution in [0.25, 0.3) is 5.52 Å². The average Bonchev–Trinajstić information content (AvgIpc) is 3.06. The van der Waals surface area contributed by atoms with E-state index in [1.165, 1.54) is 11.0 Å². The molecule has 9 heteroatoms. The van der Waals surface area contributed by atoms with Crippen molar-refractivity contribution < 1.29 is 32.3 Å². The molecule has 4 rings (SSSR count). The van der Waals surface area contributed by atoms with Gasteiger partial charge >= 0.3 is 12.1 Å². The fourth-order valence-corrected chi connectivity index (χ4v) is 4.63. The van der Waals surface area contributed by atoms with Crippen LogP contribution in [-0.4, -0.2) is 39.4 Å². The van der Waals surface area contributed by atoms with Gasteiger partial charge in [0.05, 0.1) is 18.4 Å². The fourth-order valence-electron chi connectivity index (χ4n) is 4.63. The average molecular weight is 462 g/mol. The summed E-state index contributed by atoms with van der Waals surface area (Å²) in [6.07, 6.45) is -1.64. The van der Waals surface area contributed by atoms with Crippen LogP contribution < -0.4 is 0 Å². The normalized spacial score (nSPS) is 16.0. The second-order valence-electron chi connectivity index (χ2n) is 8.32. The number of nitrogens with zero attached hydrogens (tertiary/aromatic N) is 2. The van der Waals surface area contributed by atoms with Gasteiger partial charge in [0, 0.05) is 36.9 Å². The molecule has 0 spiro atoms. The number of pyridine rings is 1. The van der Waals surface area contributed by atoms with E-state index in [-0.39, 0.29) is 30.4 Å². The minimum Gasteiger partial charge on any atom is -0.481 e. The molecule has 0 saturated carbocycles. The number of halogens is 4. The van der Waals surface area contributed by atoms with Crippen molar-refractivity contribution >= 4 is 17.4 Å². The SMILES string of the molecule is CN(C(=O)Cc1ccc(F)c(C(F)(F)F)c1)[C@@H]1CCc2c(CC(=O)O)c3ccccn3c2C1. The first-order chi connectivity index (χ1) is 15.6. The van der Waals surface area contributed by atoms with Crippen molar-refractivity contribution in [1.29, 1.82) is 0 Å². The maximum Gasteiger partial charge on any atom is 0.419 e. The molecule has 0 aliphatic heterocycles. The number of aliphatic carboxylic acids is 1. The Morgan fingerprint density at radius 3 is 2.64 bits per heavy atom. The lowest BCUT2D eigenvalue weighted by Crippen LogP contribution is -2.41. The van der Waals surface area contributed by atoms with Crippen LogP contribution in [-0.2, 0) is 41.4 Å². The Hall–Kier alpha value is -3.36. The molecular weight excluding hydrogens is 440 g/mol. The molecule has 0 radical (unpaired) electrons. The monoisotopic (exact) mass is 462 g/mol. The molecular formula is C24H22F4N2O3. The maximum atomic E-state index is 13.5. The Balaban J connectivity index is 1.55. The lowest BCUT2D eigenvalue weighted by molar-refractivity contribution is -0.140. The molecule has 33 heavy (non-hydrogen) atoms. The highest BCUT2D eigenvalue weighted by Crippen LogP contribution is 2.34. The van der Waals surface area contributed by atoms with Gasteiger partial charge in [-0.2, -0.15) is 13.2 Å². The third-order valence-corrected chi connectivity index (χ3v) is 6.29. The van der Waals surface area contributed by atoms with E-state index >= 15 is 0 Å². The summed E-state index contributed by atoms with van der Waals surface area (Å²) in [6, 6.07) is 7.97. The molecule has 1 aliphatic rings. The number of benzene rings is 1.